The highest BCUT2D eigenvalue weighted by atomic mass is 16.1. The first-order valence-electron chi connectivity index (χ1n) is 4.82. The average molecular weight is 190 g/mol. The van der Waals surface area contributed by atoms with Crippen LogP contribution in [0.4, 0.5) is 5.69 Å². The predicted molar refractivity (Wildman–Crippen MR) is 55.7 cm³/mol. The Labute approximate surface area is 83.3 Å². The number of rotatable bonds is 1. The SMILES string of the molecule is Cc1cc(N)ccc1[C@H]1CCC(=O)N1. The van der Waals surface area contributed by atoms with Crippen molar-refractivity contribution in [3.63, 3.8) is 0 Å². The van der Waals surface area contributed by atoms with Gasteiger partial charge in [-0.05, 0) is 36.6 Å². The van der Waals surface area contributed by atoms with Crippen LogP contribution in [0.15, 0.2) is 18.2 Å². The fraction of sp³-hybridized carbons (Fsp3) is 0.364. The van der Waals surface area contributed by atoms with Crippen LogP contribution in [0.25, 0.3) is 0 Å². The van der Waals surface area contributed by atoms with Crippen molar-refractivity contribution in [2.24, 2.45) is 0 Å². The molecule has 74 valence electrons. The van der Waals surface area contributed by atoms with Crippen LogP contribution in [0.5, 0.6) is 0 Å². The van der Waals surface area contributed by atoms with E-state index in [0.29, 0.717) is 6.42 Å². The maximum Gasteiger partial charge on any atom is 0.220 e. The Morgan fingerprint density at radius 3 is 2.86 bits per heavy atom. The minimum absolute atomic E-state index is 0.145. The molecule has 0 saturated carbocycles. The van der Waals surface area contributed by atoms with Crippen LogP contribution < -0.4 is 11.1 Å². The lowest BCUT2D eigenvalue weighted by Crippen LogP contribution is -2.18. The first kappa shape index (κ1) is 9.06. The van der Waals surface area contributed by atoms with E-state index in [1.165, 1.54) is 5.56 Å². The van der Waals surface area contributed by atoms with E-state index in [2.05, 4.69) is 5.32 Å². The summed E-state index contributed by atoms with van der Waals surface area (Å²) in [6, 6.07) is 6.01. The Hall–Kier alpha value is -1.51. The first-order valence-corrected chi connectivity index (χ1v) is 4.82. The number of aryl methyl sites for hydroxylation is 1. The Morgan fingerprint density at radius 1 is 1.50 bits per heavy atom. The second-order valence-electron chi connectivity index (χ2n) is 3.77. The number of nitrogen functional groups attached to an aromatic ring is 1. The van der Waals surface area contributed by atoms with E-state index in [1.54, 1.807) is 0 Å². The molecule has 1 aromatic carbocycles. The maximum atomic E-state index is 11.1. The molecule has 2 rings (SSSR count). The molecule has 1 aliphatic rings. The van der Waals surface area contributed by atoms with Gasteiger partial charge < -0.3 is 11.1 Å². The highest BCUT2D eigenvalue weighted by Crippen LogP contribution is 2.27. The third-order valence-corrected chi connectivity index (χ3v) is 2.66. The molecule has 0 radical (unpaired) electrons. The normalized spacial score (nSPS) is 20.9. The van der Waals surface area contributed by atoms with Gasteiger partial charge in [0.1, 0.15) is 0 Å². The van der Waals surface area contributed by atoms with Crippen molar-refractivity contribution in [3.05, 3.63) is 29.3 Å². The Balaban J connectivity index is 2.28. The number of nitrogens with two attached hydrogens (primary N) is 1. The molecule has 1 aromatic rings. The largest absolute Gasteiger partial charge is 0.399 e. The van der Waals surface area contributed by atoms with Crippen LogP contribution in [0, 0.1) is 6.92 Å². The smallest absolute Gasteiger partial charge is 0.220 e. The maximum absolute atomic E-state index is 11.1. The minimum Gasteiger partial charge on any atom is -0.399 e. The van der Waals surface area contributed by atoms with Crippen molar-refractivity contribution in [3.8, 4) is 0 Å². The van der Waals surface area contributed by atoms with E-state index in [9.17, 15) is 4.79 Å². The third kappa shape index (κ3) is 1.58. The quantitative estimate of drug-likeness (QED) is 0.660. The van der Waals surface area contributed by atoms with Crippen molar-refractivity contribution in [2.75, 3.05) is 5.73 Å². The van der Waals surface area contributed by atoms with Crippen LogP contribution in [-0.4, -0.2) is 5.91 Å². The van der Waals surface area contributed by atoms with Gasteiger partial charge in [0.15, 0.2) is 0 Å². The second kappa shape index (κ2) is 3.33. The Kier molecular flexibility index (Phi) is 2.15. The van der Waals surface area contributed by atoms with Crippen LogP contribution in [0.1, 0.15) is 30.0 Å². The topological polar surface area (TPSA) is 55.1 Å². The molecule has 1 saturated heterocycles. The lowest BCUT2D eigenvalue weighted by atomic mass is 10.00. The number of carbonyl (C=O) groups excluding carboxylic acids is 1. The van der Waals surface area contributed by atoms with Gasteiger partial charge in [0.05, 0.1) is 6.04 Å². The third-order valence-electron chi connectivity index (χ3n) is 2.66. The van der Waals surface area contributed by atoms with Crippen molar-refractivity contribution < 1.29 is 4.79 Å². The van der Waals surface area contributed by atoms with Crippen LogP contribution in [0.3, 0.4) is 0 Å². The molecule has 14 heavy (non-hydrogen) atoms. The van der Waals surface area contributed by atoms with E-state index in [1.807, 2.05) is 25.1 Å². The van der Waals surface area contributed by atoms with E-state index < -0.39 is 0 Å². The second-order valence-corrected chi connectivity index (χ2v) is 3.77. The summed E-state index contributed by atoms with van der Waals surface area (Å²) in [4.78, 5) is 11.1. The molecular weight excluding hydrogens is 176 g/mol. The van der Waals surface area contributed by atoms with Gasteiger partial charge in [-0.3, -0.25) is 4.79 Å². The number of nitrogens with one attached hydrogen (secondary N) is 1. The average Bonchev–Trinajstić information content (AvgIpc) is 2.51. The molecule has 1 amide bonds. The van der Waals surface area contributed by atoms with Gasteiger partial charge in [0, 0.05) is 12.1 Å². The summed E-state index contributed by atoms with van der Waals surface area (Å²) in [6.07, 6.45) is 1.53. The minimum atomic E-state index is 0.145. The summed E-state index contributed by atoms with van der Waals surface area (Å²) in [5, 5.41) is 2.95. The van der Waals surface area contributed by atoms with Crippen molar-refractivity contribution >= 4 is 11.6 Å². The van der Waals surface area contributed by atoms with E-state index >= 15 is 0 Å². The lowest BCUT2D eigenvalue weighted by molar-refractivity contribution is -0.119. The van der Waals surface area contributed by atoms with Crippen LogP contribution in [-0.2, 0) is 4.79 Å². The fourth-order valence-corrected chi connectivity index (χ4v) is 1.94. The molecule has 3 nitrogen and oxygen atoms in total. The zero-order chi connectivity index (χ0) is 10.1. The molecule has 3 heteroatoms. The summed E-state index contributed by atoms with van der Waals surface area (Å²) in [7, 11) is 0. The molecule has 3 N–H and O–H groups in total. The molecule has 0 unspecified atom stereocenters. The standard InChI is InChI=1S/C11H14N2O/c1-7-6-8(12)2-3-9(7)10-4-5-11(14)13-10/h2-3,6,10H,4-5,12H2,1H3,(H,13,14)/t10-/m1/s1. The monoisotopic (exact) mass is 190 g/mol. The molecule has 0 spiro atoms. The zero-order valence-corrected chi connectivity index (χ0v) is 8.21. The molecule has 1 fully saturated rings. The van der Waals surface area contributed by atoms with Crippen molar-refractivity contribution in [1.82, 2.24) is 5.32 Å². The molecule has 0 aliphatic carbocycles. The summed E-state index contributed by atoms with van der Waals surface area (Å²) < 4.78 is 0. The van der Waals surface area contributed by atoms with Crippen molar-refractivity contribution in [2.45, 2.75) is 25.8 Å². The van der Waals surface area contributed by atoms with E-state index in [-0.39, 0.29) is 11.9 Å². The summed E-state index contributed by atoms with van der Waals surface area (Å²) >= 11 is 0. The summed E-state index contributed by atoms with van der Waals surface area (Å²) in [6.45, 7) is 2.02. The highest BCUT2D eigenvalue weighted by molar-refractivity contribution is 5.78. The van der Waals surface area contributed by atoms with Gasteiger partial charge in [-0.15, -0.1) is 0 Å². The van der Waals surface area contributed by atoms with Gasteiger partial charge in [-0.1, -0.05) is 6.07 Å². The van der Waals surface area contributed by atoms with Gasteiger partial charge in [0.25, 0.3) is 0 Å². The van der Waals surface area contributed by atoms with E-state index in [0.717, 1.165) is 17.7 Å². The number of anilines is 1. The summed E-state index contributed by atoms with van der Waals surface area (Å²) in [5.74, 6) is 0.145. The number of hydrogen-bond acceptors (Lipinski definition) is 2. The lowest BCUT2D eigenvalue weighted by Gasteiger charge is -2.13. The molecule has 1 aliphatic heterocycles. The molecule has 0 aromatic heterocycles. The van der Waals surface area contributed by atoms with Crippen molar-refractivity contribution in [1.29, 1.82) is 0 Å². The predicted octanol–water partition coefficient (Wildman–Crippen LogP) is 1.53. The number of benzene rings is 1. The number of carbonyl (C=O) groups is 1. The Morgan fingerprint density at radius 2 is 2.29 bits per heavy atom. The number of hydrogen-bond donors (Lipinski definition) is 2. The van der Waals surface area contributed by atoms with Crippen LogP contribution in [0.2, 0.25) is 0 Å². The zero-order valence-electron chi connectivity index (χ0n) is 8.21. The first-order chi connectivity index (χ1) is 6.66. The van der Waals surface area contributed by atoms with Crippen LogP contribution >= 0.6 is 0 Å². The molecule has 1 atom stereocenters. The highest BCUT2D eigenvalue weighted by Gasteiger charge is 2.23. The number of amides is 1. The van der Waals surface area contributed by atoms with Gasteiger partial charge >= 0.3 is 0 Å². The molecule has 1 heterocycles. The fourth-order valence-electron chi connectivity index (χ4n) is 1.94. The van der Waals surface area contributed by atoms with Gasteiger partial charge in [-0.25, -0.2) is 0 Å². The van der Waals surface area contributed by atoms with Gasteiger partial charge in [-0.2, -0.15) is 0 Å². The van der Waals surface area contributed by atoms with E-state index in [4.69, 9.17) is 5.73 Å². The molecule has 0 bridgehead atoms. The molecular formula is C11H14N2O. The Bertz CT molecular complexity index is 374. The van der Waals surface area contributed by atoms with Gasteiger partial charge in [0.2, 0.25) is 5.91 Å². The summed E-state index contributed by atoms with van der Waals surface area (Å²) in [5.41, 5.74) is 8.78.